The van der Waals surface area contributed by atoms with Gasteiger partial charge in [-0.2, -0.15) is 0 Å². The first kappa shape index (κ1) is 21.6. The summed E-state index contributed by atoms with van der Waals surface area (Å²) in [5, 5.41) is 9.93. The molecular weight excluding hydrogens is 414 g/mol. The lowest BCUT2D eigenvalue weighted by molar-refractivity contribution is 0.172. The standard InChI is InChI=1S/C24H27NO5S/c1-29-13-6-14-30-20-9-5-10-21(15-20)31(27,28)25-16-19(17-26)23-12-4-8-18-7-2-3-11-22(18)24(23)25/h2-3,5,7,9-11,15-16,26H,4,6,8,12-14,17H2,1H3. The van der Waals surface area contributed by atoms with Crippen LogP contribution in [0.1, 0.15) is 29.5 Å². The van der Waals surface area contributed by atoms with E-state index in [2.05, 4.69) is 0 Å². The van der Waals surface area contributed by atoms with Gasteiger partial charge in [-0.05, 0) is 42.5 Å². The van der Waals surface area contributed by atoms with E-state index >= 15 is 0 Å². The van der Waals surface area contributed by atoms with Crippen molar-refractivity contribution in [1.29, 1.82) is 0 Å². The third-order valence-electron chi connectivity index (χ3n) is 5.61. The Balaban J connectivity index is 1.78. The number of ether oxygens (including phenoxy) is 2. The van der Waals surface area contributed by atoms with E-state index in [4.69, 9.17) is 9.47 Å². The van der Waals surface area contributed by atoms with Crippen molar-refractivity contribution in [3.8, 4) is 17.0 Å². The fourth-order valence-electron chi connectivity index (χ4n) is 4.11. The number of aliphatic hydroxyl groups excluding tert-OH is 1. The summed E-state index contributed by atoms with van der Waals surface area (Å²) in [5.74, 6) is 0.498. The number of fused-ring (bicyclic) bond motifs is 3. The number of hydrogen-bond acceptors (Lipinski definition) is 5. The molecule has 3 aromatic rings. The summed E-state index contributed by atoms with van der Waals surface area (Å²) in [6, 6.07) is 14.5. The van der Waals surface area contributed by atoms with E-state index in [1.54, 1.807) is 37.6 Å². The van der Waals surface area contributed by atoms with Crippen LogP contribution in [0.4, 0.5) is 0 Å². The van der Waals surface area contributed by atoms with E-state index in [-0.39, 0.29) is 11.5 Å². The number of aromatic nitrogens is 1. The molecule has 1 heterocycles. The van der Waals surface area contributed by atoms with E-state index in [0.29, 0.717) is 30.2 Å². The predicted molar refractivity (Wildman–Crippen MR) is 119 cm³/mol. The molecule has 1 aromatic heterocycles. The predicted octanol–water partition coefficient (Wildman–Crippen LogP) is 3.79. The highest BCUT2D eigenvalue weighted by Gasteiger charge is 2.28. The molecule has 0 fully saturated rings. The number of hydrogen-bond donors (Lipinski definition) is 1. The van der Waals surface area contributed by atoms with Crippen molar-refractivity contribution in [2.24, 2.45) is 0 Å². The number of nitrogens with zero attached hydrogens (tertiary/aromatic N) is 1. The van der Waals surface area contributed by atoms with Crippen LogP contribution in [-0.4, -0.2) is 37.8 Å². The third kappa shape index (κ3) is 4.26. The highest BCUT2D eigenvalue weighted by atomic mass is 32.2. The van der Waals surface area contributed by atoms with E-state index < -0.39 is 10.0 Å². The highest BCUT2D eigenvalue weighted by Crippen LogP contribution is 2.38. The lowest BCUT2D eigenvalue weighted by atomic mass is 10.0. The van der Waals surface area contributed by atoms with Gasteiger partial charge in [0.2, 0.25) is 0 Å². The molecule has 0 unspecified atom stereocenters. The summed E-state index contributed by atoms with van der Waals surface area (Å²) in [6.45, 7) is 0.824. The van der Waals surface area contributed by atoms with E-state index in [1.807, 2.05) is 24.3 Å². The molecule has 4 rings (SSSR count). The second-order valence-electron chi connectivity index (χ2n) is 7.62. The Morgan fingerprint density at radius 3 is 2.71 bits per heavy atom. The fraction of sp³-hybridized carbons (Fsp3) is 0.333. The summed E-state index contributed by atoms with van der Waals surface area (Å²) in [6.07, 6.45) is 4.79. The maximum absolute atomic E-state index is 13.7. The molecule has 0 spiro atoms. The van der Waals surface area contributed by atoms with Crippen LogP contribution >= 0.6 is 0 Å². The topological polar surface area (TPSA) is 77.8 Å². The molecule has 0 atom stereocenters. The molecule has 1 aliphatic rings. The number of benzene rings is 2. The van der Waals surface area contributed by atoms with Crippen molar-refractivity contribution in [2.45, 2.75) is 37.2 Å². The van der Waals surface area contributed by atoms with Gasteiger partial charge in [-0.3, -0.25) is 0 Å². The number of rotatable bonds is 8. The molecule has 0 saturated heterocycles. The van der Waals surface area contributed by atoms with Crippen LogP contribution in [0.5, 0.6) is 5.75 Å². The van der Waals surface area contributed by atoms with E-state index in [9.17, 15) is 13.5 Å². The minimum Gasteiger partial charge on any atom is -0.493 e. The lowest BCUT2D eigenvalue weighted by Crippen LogP contribution is -2.14. The van der Waals surface area contributed by atoms with Crippen LogP contribution in [0, 0.1) is 0 Å². The summed E-state index contributed by atoms with van der Waals surface area (Å²) in [4.78, 5) is 0.153. The van der Waals surface area contributed by atoms with Gasteiger partial charge in [0, 0.05) is 43.5 Å². The van der Waals surface area contributed by atoms with Crippen LogP contribution in [0.3, 0.4) is 0 Å². The zero-order valence-corrected chi connectivity index (χ0v) is 18.4. The molecule has 0 aliphatic heterocycles. The Bertz CT molecular complexity index is 1170. The van der Waals surface area contributed by atoms with Crippen molar-refractivity contribution in [3.63, 3.8) is 0 Å². The average molecular weight is 442 g/mol. The second kappa shape index (κ2) is 9.26. The van der Waals surface area contributed by atoms with Gasteiger partial charge in [0.1, 0.15) is 5.75 Å². The summed E-state index contributed by atoms with van der Waals surface area (Å²) in [5.41, 5.74) is 4.24. The first-order chi connectivity index (χ1) is 15.1. The van der Waals surface area contributed by atoms with Crippen molar-refractivity contribution >= 4 is 10.0 Å². The number of aliphatic hydroxyl groups is 1. The summed E-state index contributed by atoms with van der Waals surface area (Å²) < 4.78 is 39.4. The van der Waals surface area contributed by atoms with Crippen LogP contribution < -0.4 is 4.74 Å². The van der Waals surface area contributed by atoms with Gasteiger partial charge in [-0.15, -0.1) is 0 Å². The van der Waals surface area contributed by atoms with Crippen LogP contribution in [0.2, 0.25) is 0 Å². The molecule has 1 aliphatic carbocycles. The van der Waals surface area contributed by atoms with Gasteiger partial charge >= 0.3 is 0 Å². The van der Waals surface area contributed by atoms with Gasteiger partial charge in [0.05, 0.1) is 23.8 Å². The maximum atomic E-state index is 13.7. The van der Waals surface area contributed by atoms with Gasteiger partial charge in [-0.25, -0.2) is 12.4 Å². The zero-order chi connectivity index (χ0) is 21.8. The first-order valence-electron chi connectivity index (χ1n) is 10.5. The lowest BCUT2D eigenvalue weighted by Gasteiger charge is -2.14. The second-order valence-corrected chi connectivity index (χ2v) is 9.44. The molecular formula is C24H27NO5S. The molecule has 0 radical (unpaired) electrons. The van der Waals surface area contributed by atoms with Crippen LogP contribution in [-0.2, 0) is 34.2 Å². The van der Waals surface area contributed by atoms with Crippen molar-refractivity contribution in [3.05, 3.63) is 71.4 Å². The minimum atomic E-state index is -3.89. The number of methoxy groups -OCH3 is 1. The van der Waals surface area contributed by atoms with Gasteiger partial charge in [0.15, 0.2) is 0 Å². The fourth-order valence-corrected chi connectivity index (χ4v) is 5.57. The quantitative estimate of drug-likeness (QED) is 0.538. The smallest absolute Gasteiger partial charge is 0.268 e. The maximum Gasteiger partial charge on any atom is 0.268 e. The van der Waals surface area contributed by atoms with Gasteiger partial charge in [0.25, 0.3) is 10.0 Å². The SMILES string of the molecule is COCCCOc1cccc(S(=O)(=O)n2cc(CO)c3c2-c2ccccc2CCC3)c1. The highest BCUT2D eigenvalue weighted by molar-refractivity contribution is 7.90. The van der Waals surface area contributed by atoms with E-state index in [1.165, 1.54) is 3.97 Å². The molecule has 7 heteroatoms. The molecule has 6 nitrogen and oxygen atoms in total. The zero-order valence-electron chi connectivity index (χ0n) is 17.6. The molecule has 31 heavy (non-hydrogen) atoms. The van der Waals surface area contributed by atoms with Crippen molar-refractivity contribution < 1.29 is 23.0 Å². The average Bonchev–Trinajstić information content (AvgIpc) is 3.06. The Labute approximate surface area is 183 Å². The monoisotopic (exact) mass is 441 g/mol. The Morgan fingerprint density at radius 1 is 1.06 bits per heavy atom. The van der Waals surface area contributed by atoms with Crippen molar-refractivity contribution in [2.75, 3.05) is 20.3 Å². The Hall–Kier alpha value is -2.61. The molecule has 1 N–H and O–H groups in total. The number of aryl methyl sites for hydroxylation is 1. The largest absolute Gasteiger partial charge is 0.493 e. The van der Waals surface area contributed by atoms with E-state index in [0.717, 1.165) is 42.4 Å². The molecule has 164 valence electrons. The minimum absolute atomic E-state index is 0.153. The molecule has 0 saturated carbocycles. The van der Waals surface area contributed by atoms with Crippen molar-refractivity contribution in [1.82, 2.24) is 3.97 Å². The summed E-state index contributed by atoms with van der Waals surface area (Å²) >= 11 is 0. The Morgan fingerprint density at radius 2 is 1.90 bits per heavy atom. The molecule has 2 aromatic carbocycles. The van der Waals surface area contributed by atoms with Crippen LogP contribution in [0.15, 0.2) is 59.6 Å². The first-order valence-corrected chi connectivity index (χ1v) is 11.9. The van der Waals surface area contributed by atoms with Crippen LogP contribution in [0.25, 0.3) is 11.3 Å². The molecule has 0 bridgehead atoms. The van der Waals surface area contributed by atoms with Gasteiger partial charge < -0.3 is 14.6 Å². The Kier molecular flexibility index (Phi) is 6.46. The summed E-state index contributed by atoms with van der Waals surface area (Å²) in [7, 11) is -2.25. The molecule has 0 amide bonds. The van der Waals surface area contributed by atoms with Gasteiger partial charge in [-0.1, -0.05) is 30.3 Å². The normalized spacial score (nSPS) is 13.4. The third-order valence-corrected chi connectivity index (χ3v) is 7.26.